The summed E-state index contributed by atoms with van der Waals surface area (Å²) in [4.78, 5) is 12.2. The van der Waals surface area contributed by atoms with E-state index in [0.29, 0.717) is 24.8 Å². The molecule has 1 aliphatic rings. The van der Waals surface area contributed by atoms with E-state index in [2.05, 4.69) is 10.0 Å². The molecule has 30 heavy (non-hydrogen) atoms. The number of halogens is 3. The molecule has 1 aliphatic heterocycles. The Labute approximate surface area is 172 Å². The van der Waals surface area contributed by atoms with Crippen LogP contribution in [0.15, 0.2) is 41.3 Å². The van der Waals surface area contributed by atoms with Crippen molar-refractivity contribution in [3.05, 3.63) is 58.7 Å². The molecule has 0 bridgehead atoms. The average molecular weight is 442 g/mol. The van der Waals surface area contributed by atoms with Crippen LogP contribution in [0.5, 0.6) is 0 Å². The molecule has 1 saturated heterocycles. The minimum atomic E-state index is -4.83. The summed E-state index contributed by atoms with van der Waals surface area (Å²) in [6.45, 7) is 4.24. The molecule has 6 nitrogen and oxygen atoms in total. The number of hydrogen-bond acceptors (Lipinski definition) is 4. The van der Waals surface area contributed by atoms with Crippen molar-refractivity contribution in [3.8, 4) is 0 Å². The summed E-state index contributed by atoms with van der Waals surface area (Å²) in [7, 11) is -4.12. The number of nitrogens with one attached hydrogen (secondary N) is 2. The molecule has 2 aromatic carbocycles. The van der Waals surface area contributed by atoms with E-state index < -0.39 is 44.2 Å². The van der Waals surface area contributed by atoms with Crippen molar-refractivity contribution >= 4 is 21.6 Å². The fourth-order valence-electron chi connectivity index (χ4n) is 3.06. The second kappa shape index (κ2) is 8.37. The van der Waals surface area contributed by atoms with Crippen LogP contribution in [-0.4, -0.2) is 33.6 Å². The molecular weight excluding hydrogens is 421 g/mol. The number of carbonyl (C=O) groups is 1. The topological polar surface area (TPSA) is 84.5 Å². The molecule has 1 heterocycles. The first-order valence-electron chi connectivity index (χ1n) is 9.17. The first kappa shape index (κ1) is 22.3. The Balaban J connectivity index is 1.96. The summed E-state index contributed by atoms with van der Waals surface area (Å²) in [5.41, 5.74) is 0.131. The Hall–Kier alpha value is -2.43. The van der Waals surface area contributed by atoms with Crippen LogP contribution in [0.3, 0.4) is 0 Å². The van der Waals surface area contributed by atoms with Gasteiger partial charge in [0, 0.05) is 18.3 Å². The van der Waals surface area contributed by atoms with Gasteiger partial charge in [-0.25, -0.2) is 13.1 Å². The van der Waals surface area contributed by atoms with Gasteiger partial charge in [-0.15, -0.1) is 0 Å². The van der Waals surface area contributed by atoms with Gasteiger partial charge in [-0.2, -0.15) is 13.2 Å². The molecule has 1 atom stereocenters. The fraction of sp³-hybridized carbons (Fsp3) is 0.350. The molecule has 0 saturated carbocycles. The lowest BCUT2D eigenvalue weighted by Gasteiger charge is -2.16. The number of sulfonamides is 1. The maximum atomic E-state index is 13.5. The van der Waals surface area contributed by atoms with E-state index in [-0.39, 0.29) is 6.61 Å². The molecule has 3 rings (SSSR count). The molecule has 1 fully saturated rings. The van der Waals surface area contributed by atoms with Gasteiger partial charge in [0.15, 0.2) is 0 Å². The summed E-state index contributed by atoms with van der Waals surface area (Å²) in [5.74, 6) is -1.05. The standard InChI is InChI=1S/C20H21F3N2O4S/c1-12-3-4-14(9-13(12)2)24-19(26)17-10-16(5-6-18(17)20(21,22)23)30(27,28)25-15-7-8-29-11-15/h3-6,9-10,15,25H,7-8,11H2,1-2H3,(H,24,26)/t15-/m0/s1. The van der Waals surface area contributed by atoms with Crippen LogP contribution in [-0.2, 0) is 20.9 Å². The van der Waals surface area contributed by atoms with Crippen molar-refractivity contribution in [2.24, 2.45) is 0 Å². The zero-order chi connectivity index (χ0) is 22.1. The number of aryl methyl sites for hydroxylation is 2. The van der Waals surface area contributed by atoms with Crippen molar-refractivity contribution in [3.63, 3.8) is 0 Å². The summed E-state index contributed by atoms with van der Waals surface area (Å²) < 4.78 is 73.0. The first-order valence-corrected chi connectivity index (χ1v) is 10.7. The monoisotopic (exact) mass is 442 g/mol. The number of benzene rings is 2. The summed E-state index contributed by atoms with van der Waals surface area (Å²) in [6.07, 6.45) is -4.37. The first-order chi connectivity index (χ1) is 14.0. The van der Waals surface area contributed by atoms with Gasteiger partial charge in [-0.1, -0.05) is 6.07 Å². The third-order valence-electron chi connectivity index (χ3n) is 4.87. The number of ether oxygens (including phenoxy) is 1. The Morgan fingerprint density at radius 3 is 2.43 bits per heavy atom. The number of alkyl halides is 3. The lowest BCUT2D eigenvalue weighted by molar-refractivity contribution is -0.137. The molecule has 2 N–H and O–H groups in total. The van der Waals surface area contributed by atoms with Gasteiger partial charge in [0.05, 0.1) is 22.6 Å². The molecule has 162 valence electrons. The van der Waals surface area contributed by atoms with Gasteiger partial charge in [-0.05, 0) is 61.7 Å². The van der Waals surface area contributed by atoms with Crippen LogP contribution in [0.4, 0.5) is 18.9 Å². The number of rotatable bonds is 5. The summed E-state index contributed by atoms with van der Waals surface area (Å²) in [6, 6.07) is 6.65. The predicted octanol–water partition coefficient (Wildman–Crippen LogP) is 3.64. The lowest BCUT2D eigenvalue weighted by Crippen LogP contribution is -2.35. The highest BCUT2D eigenvalue weighted by molar-refractivity contribution is 7.89. The third-order valence-corrected chi connectivity index (χ3v) is 6.39. The Morgan fingerprint density at radius 2 is 1.83 bits per heavy atom. The lowest BCUT2D eigenvalue weighted by atomic mass is 10.1. The maximum Gasteiger partial charge on any atom is 0.417 e. The van der Waals surface area contributed by atoms with Gasteiger partial charge < -0.3 is 10.1 Å². The van der Waals surface area contributed by atoms with Crippen molar-refractivity contribution in [1.29, 1.82) is 0 Å². The second-order valence-electron chi connectivity index (χ2n) is 7.14. The number of hydrogen-bond donors (Lipinski definition) is 2. The smallest absolute Gasteiger partial charge is 0.380 e. The van der Waals surface area contributed by atoms with Crippen LogP contribution < -0.4 is 10.0 Å². The Morgan fingerprint density at radius 1 is 1.10 bits per heavy atom. The predicted molar refractivity (Wildman–Crippen MR) is 105 cm³/mol. The third kappa shape index (κ3) is 5.00. The molecule has 0 aromatic heterocycles. The van der Waals surface area contributed by atoms with Crippen molar-refractivity contribution in [2.75, 3.05) is 18.5 Å². The Bertz CT molecular complexity index is 1060. The zero-order valence-corrected chi connectivity index (χ0v) is 17.2. The molecule has 0 aliphatic carbocycles. The summed E-state index contributed by atoms with van der Waals surface area (Å²) >= 11 is 0. The Kier molecular flexibility index (Phi) is 6.21. The highest BCUT2D eigenvalue weighted by Gasteiger charge is 2.36. The molecule has 0 unspecified atom stereocenters. The molecule has 0 spiro atoms. The van der Waals surface area contributed by atoms with Crippen molar-refractivity contribution in [1.82, 2.24) is 4.72 Å². The summed E-state index contributed by atoms with van der Waals surface area (Å²) in [5, 5.41) is 2.42. The molecule has 0 radical (unpaired) electrons. The highest BCUT2D eigenvalue weighted by Crippen LogP contribution is 2.34. The van der Waals surface area contributed by atoms with Crippen LogP contribution in [0.2, 0.25) is 0 Å². The van der Waals surface area contributed by atoms with Gasteiger partial charge in [0.25, 0.3) is 5.91 Å². The number of amides is 1. The molecular formula is C20H21F3N2O4S. The van der Waals surface area contributed by atoms with Gasteiger partial charge in [0.1, 0.15) is 0 Å². The van der Waals surface area contributed by atoms with E-state index in [1.54, 1.807) is 25.1 Å². The van der Waals surface area contributed by atoms with Gasteiger partial charge >= 0.3 is 6.18 Å². The average Bonchev–Trinajstić information content (AvgIpc) is 3.15. The minimum absolute atomic E-state index is 0.181. The van der Waals surface area contributed by atoms with Crippen LogP contribution in [0, 0.1) is 13.8 Å². The van der Waals surface area contributed by atoms with Crippen LogP contribution in [0.1, 0.15) is 33.5 Å². The van der Waals surface area contributed by atoms with Crippen LogP contribution >= 0.6 is 0 Å². The normalized spacial score (nSPS) is 17.2. The fourth-order valence-corrected chi connectivity index (χ4v) is 4.34. The molecule has 10 heteroatoms. The SMILES string of the molecule is Cc1ccc(NC(=O)c2cc(S(=O)(=O)N[C@H]3CCOC3)ccc2C(F)(F)F)cc1C. The highest BCUT2D eigenvalue weighted by atomic mass is 32.2. The van der Waals surface area contributed by atoms with Crippen molar-refractivity contribution < 1.29 is 31.1 Å². The van der Waals surface area contributed by atoms with Gasteiger partial charge in [0.2, 0.25) is 10.0 Å². The van der Waals surface area contributed by atoms with E-state index in [1.165, 1.54) is 0 Å². The molecule has 2 aromatic rings. The van der Waals surface area contributed by atoms with Gasteiger partial charge in [-0.3, -0.25) is 4.79 Å². The van der Waals surface area contributed by atoms with Crippen LogP contribution in [0.25, 0.3) is 0 Å². The maximum absolute atomic E-state index is 13.5. The quantitative estimate of drug-likeness (QED) is 0.741. The number of carbonyl (C=O) groups excluding carboxylic acids is 1. The van der Waals surface area contributed by atoms with E-state index in [0.717, 1.165) is 23.3 Å². The van der Waals surface area contributed by atoms with E-state index in [9.17, 15) is 26.4 Å². The van der Waals surface area contributed by atoms with E-state index in [1.807, 2.05) is 6.92 Å². The number of anilines is 1. The largest absolute Gasteiger partial charge is 0.417 e. The van der Waals surface area contributed by atoms with Crippen molar-refractivity contribution in [2.45, 2.75) is 37.4 Å². The van der Waals surface area contributed by atoms with E-state index in [4.69, 9.17) is 4.74 Å². The van der Waals surface area contributed by atoms with E-state index >= 15 is 0 Å². The second-order valence-corrected chi connectivity index (χ2v) is 8.85. The molecule has 1 amide bonds. The zero-order valence-electron chi connectivity index (χ0n) is 16.3. The minimum Gasteiger partial charge on any atom is -0.380 e.